The highest BCUT2D eigenvalue weighted by atomic mass is 32.2. The zero-order valence-corrected chi connectivity index (χ0v) is 17.2. The van der Waals surface area contributed by atoms with E-state index in [4.69, 9.17) is 20.9 Å². The van der Waals surface area contributed by atoms with Crippen molar-refractivity contribution >= 4 is 34.6 Å². The Balaban J connectivity index is 1.59. The molecular formula is C21H23N3O5S. The number of nitrogens with two attached hydrogens (primary N) is 2. The van der Waals surface area contributed by atoms with Crippen LogP contribution in [0.4, 0.5) is 10.5 Å². The van der Waals surface area contributed by atoms with Crippen LogP contribution in [-0.4, -0.2) is 35.0 Å². The molecule has 2 atom stereocenters. The second-order valence-electron chi connectivity index (χ2n) is 6.76. The van der Waals surface area contributed by atoms with Gasteiger partial charge in [-0.2, -0.15) is 0 Å². The minimum absolute atomic E-state index is 0.261. The summed E-state index contributed by atoms with van der Waals surface area (Å²) in [5.74, 6) is 0.428. The van der Waals surface area contributed by atoms with Gasteiger partial charge in [0, 0.05) is 18.2 Å². The molecule has 1 saturated heterocycles. The van der Waals surface area contributed by atoms with Crippen LogP contribution in [0.15, 0.2) is 42.5 Å². The predicted molar refractivity (Wildman–Crippen MR) is 114 cm³/mol. The number of esters is 1. The van der Waals surface area contributed by atoms with Gasteiger partial charge in [0.15, 0.2) is 0 Å². The van der Waals surface area contributed by atoms with Gasteiger partial charge in [-0.1, -0.05) is 30.0 Å². The SMILES string of the molecule is CCOC(=O)C(N)Cc1ccc(Oc2ccc(CC3SC(=O)NC3=O)cc2)cc1N. The first-order chi connectivity index (χ1) is 14.4. The first-order valence-electron chi connectivity index (χ1n) is 9.44. The van der Waals surface area contributed by atoms with Gasteiger partial charge >= 0.3 is 5.97 Å². The number of benzene rings is 2. The molecule has 2 unspecified atom stereocenters. The minimum atomic E-state index is -0.776. The van der Waals surface area contributed by atoms with Crippen molar-refractivity contribution in [1.29, 1.82) is 0 Å². The first kappa shape index (κ1) is 21.7. The van der Waals surface area contributed by atoms with Crippen LogP contribution in [0.25, 0.3) is 0 Å². The van der Waals surface area contributed by atoms with E-state index in [2.05, 4.69) is 5.32 Å². The van der Waals surface area contributed by atoms with Crippen molar-refractivity contribution in [3.8, 4) is 11.5 Å². The standard InChI is InChI=1S/C21H23N3O5S/c1-2-28-20(26)17(23)10-13-5-8-15(11-16(13)22)29-14-6-3-12(4-7-14)9-18-19(25)24-21(27)30-18/h3-8,11,17-18H,2,9-10,22-23H2,1H3,(H,24,25,27). The third-order valence-electron chi connectivity index (χ3n) is 4.49. The highest BCUT2D eigenvalue weighted by Crippen LogP contribution is 2.28. The summed E-state index contributed by atoms with van der Waals surface area (Å²) in [5.41, 5.74) is 14.1. The van der Waals surface area contributed by atoms with E-state index in [9.17, 15) is 14.4 Å². The summed E-state index contributed by atoms with van der Waals surface area (Å²) in [6.45, 7) is 2.00. The molecule has 1 heterocycles. The number of rotatable bonds is 8. The Bertz CT molecular complexity index is 948. The maximum atomic E-state index is 11.7. The van der Waals surface area contributed by atoms with E-state index in [1.807, 2.05) is 12.1 Å². The zero-order valence-electron chi connectivity index (χ0n) is 16.4. The van der Waals surface area contributed by atoms with Gasteiger partial charge in [-0.15, -0.1) is 0 Å². The highest BCUT2D eigenvalue weighted by molar-refractivity contribution is 8.15. The van der Waals surface area contributed by atoms with Crippen LogP contribution in [0, 0.1) is 0 Å². The van der Waals surface area contributed by atoms with E-state index >= 15 is 0 Å². The summed E-state index contributed by atoms with van der Waals surface area (Å²) < 4.78 is 10.7. The third kappa shape index (κ3) is 5.52. The van der Waals surface area contributed by atoms with E-state index in [-0.39, 0.29) is 24.2 Å². The average Bonchev–Trinajstić information content (AvgIpc) is 3.02. The smallest absolute Gasteiger partial charge is 0.323 e. The van der Waals surface area contributed by atoms with Crippen molar-refractivity contribution in [2.24, 2.45) is 5.73 Å². The van der Waals surface area contributed by atoms with Gasteiger partial charge in [-0.25, -0.2) is 0 Å². The molecule has 0 aliphatic carbocycles. The summed E-state index contributed by atoms with van der Waals surface area (Å²) in [7, 11) is 0. The lowest BCUT2D eigenvalue weighted by atomic mass is 10.0. The molecule has 1 aliphatic rings. The molecule has 5 N–H and O–H groups in total. The van der Waals surface area contributed by atoms with Crippen molar-refractivity contribution < 1.29 is 23.9 Å². The van der Waals surface area contributed by atoms with Gasteiger partial charge in [0.2, 0.25) is 5.91 Å². The lowest BCUT2D eigenvalue weighted by Crippen LogP contribution is -2.34. The van der Waals surface area contributed by atoms with Gasteiger partial charge in [0.25, 0.3) is 5.24 Å². The Morgan fingerprint density at radius 3 is 2.47 bits per heavy atom. The number of nitrogens with one attached hydrogen (secondary N) is 1. The molecule has 2 amide bonds. The highest BCUT2D eigenvalue weighted by Gasteiger charge is 2.31. The van der Waals surface area contributed by atoms with E-state index in [0.717, 1.165) is 22.9 Å². The molecule has 1 aliphatic heterocycles. The predicted octanol–water partition coefficient (Wildman–Crippen LogP) is 2.39. The average molecular weight is 429 g/mol. The Hall–Kier alpha value is -3.04. The van der Waals surface area contributed by atoms with E-state index < -0.39 is 17.3 Å². The largest absolute Gasteiger partial charge is 0.465 e. The van der Waals surface area contributed by atoms with Crippen LogP contribution in [-0.2, 0) is 27.2 Å². The summed E-state index contributed by atoms with van der Waals surface area (Å²) in [6, 6.07) is 11.7. The van der Waals surface area contributed by atoms with Gasteiger partial charge in [-0.3, -0.25) is 19.7 Å². The number of carbonyl (C=O) groups is 3. The zero-order chi connectivity index (χ0) is 21.7. The molecule has 30 heavy (non-hydrogen) atoms. The molecule has 0 saturated carbocycles. The Labute approximate surface area is 178 Å². The lowest BCUT2D eigenvalue weighted by molar-refractivity contribution is -0.144. The molecule has 8 nitrogen and oxygen atoms in total. The number of imide groups is 1. The summed E-state index contributed by atoms with van der Waals surface area (Å²) in [4.78, 5) is 34.6. The number of anilines is 1. The van der Waals surface area contributed by atoms with Crippen LogP contribution in [0.3, 0.4) is 0 Å². The van der Waals surface area contributed by atoms with Gasteiger partial charge < -0.3 is 20.9 Å². The van der Waals surface area contributed by atoms with E-state index in [1.54, 1.807) is 37.3 Å². The molecule has 1 fully saturated rings. The number of hydrogen-bond donors (Lipinski definition) is 3. The fourth-order valence-corrected chi connectivity index (χ4v) is 3.82. The minimum Gasteiger partial charge on any atom is -0.465 e. The van der Waals surface area contributed by atoms with Gasteiger partial charge in [0.05, 0.1) is 11.9 Å². The van der Waals surface area contributed by atoms with E-state index in [1.165, 1.54) is 0 Å². The maximum Gasteiger partial charge on any atom is 0.323 e. The van der Waals surface area contributed by atoms with Crippen LogP contribution in [0.5, 0.6) is 11.5 Å². The number of ether oxygens (including phenoxy) is 2. The fraction of sp³-hybridized carbons (Fsp3) is 0.286. The monoisotopic (exact) mass is 429 g/mol. The number of thioether (sulfide) groups is 1. The van der Waals surface area contributed by atoms with Gasteiger partial charge in [-0.05, 0) is 42.7 Å². The normalized spacial score (nSPS) is 16.8. The van der Waals surface area contributed by atoms with Gasteiger partial charge in [0.1, 0.15) is 17.5 Å². The maximum absolute atomic E-state index is 11.7. The quantitative estimate of drug-likeness (QED) is 0.430. The molecule has 0 bridgehead atoms. The molecule has 9 heteroatoms. The summed E-state index contributed by atoms with van der Waals surface area (Å²) >= 11 is 1.00. The lowest BCUT2D eigenvalue weighted by Gasteiger charge is -2.14. The molecule has 0 spiro atoms. The molecule has 3 rings (SSSR count). The van der Waals surface area contributed by atoms with Crippen molar-refractivity contribution in [2.45, 2.75) is 31.1 Å². The van der Waals surface area contributed by atoms with Crippen molar-refractivity contribution in [2.75, 3.05) is 12.3 Å². The van der Waals surface area contributed by atoms with E-state index in [0.29, 0.717) is 23.6 Å². The third-order valence-corrected chi connectivity index (χ3v) is 5.48. The molecular weight excluding hydrogens is 406 g/mol. The number of nitrogen functional groups attached to an aromatic ring is 1. The second kappa shape index (κ2) is 9.64. The van der Waals surface area contributed by atoms with Crippen LogP contribution < -0.4 is 21.5 Å². The molecule has 2 aromatic rings. The molecule has 0 radical (unpaired) electrons. The van der Waals surface area contributed by atoms with Crippen LogP contribution in [0.1, 0.15) is 18.1 Å². The summed E-state index contributed by atoms with van der Waals surface area (Å²) in [5, 5.41) is 1.56. The topological polar surface area (TPSA) is 134 Å². The number of carbonyl (C=O) groups excluding carboxylic acids is 3. The van der Waals surface area contributed by atoms with Crippen molar-refractivity contribution in [1.82, 2.24) is 5.32 Å². The van der Waals surface area contributed by atoms with Crippen LogP contribution in [0.2, 0.25) is 0 Å². The Morgan fingerprint density at radius 2 is 1.87 bits per heavy atom. The molecule has 158 valence electrons. The first-order valence-corrected chi connectivity index (χ1v) is 10.3. The van der Waals surface area contributed by atoms with Crippen LogP contribution >= 0.6 is 11.8 Å². The van der Waals surface area contributed by atoms with Crippen molar-refractivity contribution in [3.05, 3.63) is 53.6 Å². The molecule has 0 aromatic heterocycles. The fourth-order valence-electron chi connectivity index (χ4n) is 2.96. The Kier molecular flexibility index (Phi) is 6.96. The molecule has 2 aromatic carbocycles. The Morgan fingerprint density at radius 1 is 1.17 bits per heavy atom. The summed E-state index contributed by atoms with van der Waals surface area (Å²) in [6.07, 6.45) is 0.736. The second-order valence-corrected chi connectivity index (χ2v) is 7.93. The number of hydrogen-bond acceptors (Lipinski definition) is 8. The number of amides is 2. The van der Waals surface area contributed by atoms with Crippen molar-refractivity contribution in [3.63, 3.8) is 0 Å².